The van der Waals surface area contributed by atoms with Gasteiger partial charge in [0.05, 0.1) is 24.2 Å². The first-order valence-corrected chi connectivity index (χ1v) is 8.76. The third-order valence-electron chi connectivity index (χ3n) is 3.85. The quantitative estimate of drug-likeness (QED) is 0.922. The highest BCUT2D eigenvalue weighted by Crippen LogP contribution is 2.38. The minimum Gasteiger partial charge on any atom is -0.376 e. The summed E-state index contributed by atoms with van der Waals surface area (Å²) in [5, 5.41) is 3.95. The molecule has 0 radical (unpaired) electrons. The van der Waals surface area contributed by atoms with Crippen molar-refractivity contribution in [2.24, 2.45) is 0 Å². The van der Waals surface area contributed by atoms with Gasteiger partial charge in [0.1, 0.15) is 11.6 Å². The molecule has 0 aromatic carbocycles. The van der Waals surface area contributed by atoms with Crippen LogP contribution in [0.5, 0.6) is 0 Å². The lowest BCUT2D eigenvalue weighted by Crippen LogP contribution is -2.19. The summed E-state index contributed by atoms with van der Waals surface area (Å²) in [5.74, 6) is 3.29. The summed E-state index contributed by atoms with van der Waals surface area (Å²) < 4.78 is 5.58. The van der Waals surface area contributed by atoms with Gasteiger partial charge in [-0.15, -0.1) is 0 Å². The first kappa shape index (κ1) is 14.1. The molecule has 1 aromatic rings. The Morgan fingerprint density at radius 3 is 3.10 bits per heavy atom. The summed E-state index contributed by atoms with van der Waals surface area (Å²) >= 11 is 2.02. The Labute approximate surface area is 125 Å². The second kappa shape index (κ2) is 6.76. The third kappa shape index (κ3) is 3.09. The molecule has 3 heterocycles. The number of nitrogens with one attached hydrogen (secondary N) is 1. The van der Waals surface area contributed by atoms with E-state index in [1.165, 1.54) is 36.3 Å². The van der Waals surface area contributed by atoms with Crippen molar-refractivity contribution < 1.29 is 4.74 Å². The van der Waals surface area contributed by atoms with Crippen molar-refractivity contribution in [1.82, 2.24) is 9.97 Å². The van der Waals surface area contributed by atoms with Crippen LogP contribution in [0.3, 0.4) is 0 Å². The molecule has 20 heavy (non-hydrogen) atoms. The van der Waals surface area contributed by atoms with Crippen molar-refractivity contribution >= 4 is 17.6 Å². The van der Waals surface area contributed by atoms with Crippen molar-refractivity contribution in [2.45, 2.75) is 50.9 Å². The Balaban J connectivity index is 1.89. The minimum absolute atomic E-state index is 0.485. The molecule has 110 valence electrons. The van der Waals surface area contributed by atoms with Gasteiger partial charge in [0, 0.05) is 18.5 Å². The topological polar surface area (TPSA) is 47.0 Å². The number of thioether (sulfide) groups is 1. The number of ether oxygens (including phenoxy) is 1. The summed E-state index contributed by atoms with van der Waals surface area (Å²) in [6.45, 7) is 4.57. The summed E-state index contributed by atoms with van der Waals surface area (Å²) in [5.41, 5.74) is 2.38. The van der Waals surface area contributed by atoms with Crippen LogP contribution >= 0.6 is 11.8 Å². The van der Waals surface area contributed by atoms with Crippen LogP contribution in [0.2, 0.25) is 0 Å². The van der Waals surface area contributed by atoms with E-state index in [-0.39, 0.29) is 0 Å². The molecular weight excluding hydrogens is 270 g/mol. The zero-order valence-electron chi connectivity index (χ0n) is 12.2. The average Bonchev–Trinajstić information content (AvgIpc) is 2.53. The van der Waals surface area contributed by atoms with Gasteiger partial charge >= 0.3 is 0 Å². The molecule has 1 aromatic heterocycles. The van der Waals surface area contributed by atoms with Crippen LogP contribution in [-0.2, 0) is 17.8 Å². The van der Waals surface area contributed by atoms with Gasteiger partial charge in [-0.05, 0) is 25.0 Å². The Kier molecular flexibility index (Phi) is 4.78. The SMILES string of the molecule is CCCNc1nc(C2CCCCS2)nc2c1COCC2. The lowest BCUT2D eigenvalue weighted by Gasteiger charge is -2.24. The van der Waals surface area contributed by atoms with Crippen molar-refractivity contribution in [3.05, 3.63) is 17.1 Å². The number of aromatic nitrogens is 2. The average molecular weight is 293 g/mol. The predicted molar refractivity (Wildman–Crippen MR) is 83.2 cm³/mol. The standard InChI is InChI=1S/C15H23N3OS/c1-2-7-16-14-11-10-19-8-6-12(11)17-15(18-14)13-5-3-4-9-20-13/h13H,2-10H2,1H3,(H,16,17,18). The maximum Gasteiger partial charge on any atom is 0.143 e. The molecule has 0 amide bonds. The highest BCUT2D eigenvalue weighted by Gasteiger charge is 2.23. The van der Waals surface area contributed by atoms with E-state index in [2.05, 4.69) is 12.2 Å². The molecule has 1 unspecified atom stereocenters. The molecule has 0 aliphatic carbocycles. The van der Waals surface area contributed by atoms with E-state index in [4.69, 9.17) is 14.7 Å². The lowest BCUT2D eigenvalue weighted by atomic mass is 10.1. The zero-order chi connectivity index (χ0) is 13.8. The van der Waals surface area contributed by atoms with E-state index in [1.807, 2.05) is 11.8 Å². The van der Waals surface area contributed by atoms with E-state index >= 15 is 0 Å². The Morgan fingerprint density at radius 2 is 2.30 bits per heavy atom. The van der Waals surface area contributed by atoms with E-state index in [0.29, 0.717) is 11.9 Å². The molecule has 0 spiro atoms. The summed E-state index contributed by atoms with van der Waals surface area (Å²) in [6, 6.07) is 0. The molecule has 2 aliphatic heterocycles. The number of rotatable bonds is 4. The molecule has 0 saturated carbocycles. The fourth-order valence-electron chi connectivity index (χ4n) is 2.73. The molecule has 1 N–H and O–H groups in total. The normalized spacial score (nSPS) is 22.4. The second-order valence-electron chi connectivity index (χ2n) is 5.44. The molecule has 0 bridgehead atoms. The van der Waals surface area contributed by atoms with Gasteiger partial charge in [-0.2, -0.15) is 11.8 Å². The Bertz CT molecular complexity index is 461. The minimum atomic E-state index is 0.485. The summed E-state index contributed by atoms with van der Waals surface area (Å²) in [4.78, 5) is 9.68. The van der Waals surface area contributed by atoms with Gasteiger partial charge in [0.25, 0.3) is 0 Å². The van der Waals surface area contributed by atoms with Gasteiger partial charge in [-0.3, -0.25) is 0 Å². The molecule has 4 nitrogen and oxygen atoms in total. The Hall–Kier alpha value is -0.810. The van der Waals surface area contributed by atoms with Crippen molar-refractivity contribution in [1.29, 1.82) is 0 Å². The number of hydrogen-bond acceptors (Lipinski definition) is 5. The number of anilines is 1. The van der Waals surface area contributed by atoms with E-state index in [0.717, 1.165) is 37.6 Å². The van der Waals surface area contributed by atoms with Crippen LogP contribution in [-0.4, -0.2) is 28.9 Å². The third-order valence-corrected chi connectivity index (χ3v) is 5.22. The number of fused-ring (bicyclic) bond motifs is 1. The van der Waals surface area contributed by atoms with Crippen LogP contribution in [0.15, 0.2) is 0 Å². The van der Waals surface area contributed by atoms with Crippen LogP contribution in [0, 0.1) is 0 Å². The number of hydrogen-bond donors (Lipinski definition) is 1. The molecule has 1 fully saturated rings. The number of nitrogens with zero attached hydrogens (tertiary/aromatic N) is 2. The van der Waals surface area contributed by atoms with E-state index in [1.54, 1.807) is 0 Å². The molecule has 2 aliphatic rings. The van der Waals surface area contributed by atoms with Crippen LogP contribution in [0.4, 0.5) is 5.82 Å². The maximum atomic E-state index is 5.58. The maximum absolute atomic E-state index is 5.58. The smallest absolute Gasteiger partial charge is 0.143 e. The highest BCUT2D eigenvalue weighted by molar-refractivity contribution is 7.99. The van der Waals surface area contributed by atoms with Crippen LogP contribution in [0.1, 0.15) is 54.9 Å². The fraction of sp³-hybridized carbons (Fsp3) is 0.733. The van der Waals surface area contributed by atoms with Gasteiger partial charge in [-0.25, -0.2) is 9.97 Å². The lowest BCUT2D eigenvalue weighted by molar-refractivity contribution is 0.109. The van der Waals surface area contributed by atoms with Crippen molar-refractivity contribution in [3.8, 4) is 0 Å². The highest BCUT2D eigenvalue weighted by atomic mass is 32.2. The molecular formula is C15H23N3OS. The van der Waals surface area contributed by atoms with Gasteiger partial charge in [-0.1, -0.05) is 13.3 Å². The second-order valence-corrected chi connectivity index (χ2v) is 6.75. The zero-order valence-corrected chi connectivity index (χ0v) is 13.0. The summed E-state index contributed by atoms with van der Waals surface area (Å²) in [6.07, 6.45) is 5.88. The van der Waals surface area contributed by atoms with Gasteiger partial charge < -0.3 is 10.1 Å². The van der Waals surface area contributed by atoms with Crippen molar-refractivity contribution in [3.63, 3.8) is 0 Å². The fourth-order valence-corrected chi connectivity index (χ4v) is 3.97. The molecule has 5 heteroatoms. The van der Waals surface area contributed by atoms with Crippen LogP contribution in [0.25, 0.3) is 0 Å². The monoisotopic (exact) mass is 293 g/mol. The summed E-state index contributed by atoms with van der Waals surface area (Å²) in [7, 11) is 0. The molecule has 1 saturated heterocycles. The van der Waals surface area contributed by atoms with Gasteiger partial charge in [0.15, 0.2) is 0 Å². The first-order chi connectivity index (χ1) is 9.88. The van der Waals surface area contributed by atoms with Gasteiger partial charge in [0.2, 0.25) is 0 Å². The van der Waals surface area contributed by atoms with E-state index < -0.39 is 0 Å². The molecule has 1 atom stereocenters. The Morgan fingerprint density at radius 1 is 1.35 bits per heavy atom. The predicted octanol–water partition coefficient (Wildman–Crippen LogP) is 3.33. The first-order valence-electron chi connectivity index (χ1n) is 7.71. The van der Waals surface area contributed by atoms with Crippen LogP contribution < -0.4 is 5.32 Å². The van der Waals surface area contributed by atoms with Crippen molar-refractivity contribution in [2.75, 3.05) is 24.2 Å². The molecule has 3 rings (SSSR count). The largest absolute Gasteiger partial charge is 0.376 e. The van der Waals surface area contributed by atoms with E-state index in [9.17, 15) is 0 Å².